The largest absolute Gasteiger partial charge is 0.319 e. The van der Waals surface area contributed by atoms with E-state index in [0.717, 1.165) is 19.6 Å². The van der Waals surface area contributed by atoms with E-state index in [2.05, 4.69) is 30.4 Å². The highest BCUT2D eigenvalue weighted by Gasteiger charge is 2.31. The molecule has 0 unspecified atom stereocenters. The topological polar surface area (TPSA) is 15.3 Å². The fourth-order valence-corrected chi connectivity index (χ4v) is 3.29. The minimum atomic E-state index is 0.456. The molecule has 104 valence electrons. The van der Waals surface area contributed by atoms with Crippen molar-refractivity contribution in [2.75, 3.05) is 33.2 Å². The molecule has 1 fully saturated rings. The van der Waals surface area contributed by atoms with Gasteiger partial charge in [0.1, 0.15) is 0 Å². The van der Waals surface area contributed by atoms with Gasteiger partial charge in [0, 0.05) is 26.2 Å². The standard InChI is InChI=1S/C16H30N2/c1-4-12-18(13-5-2)15-16(14-17-3)10-8-6-7-9-11-16/h4-5,17H,1-2,6-15H2,3H3. The minimum absolute atomic E-state index is 0.456. The Kier molecular flexibility index (Phi) is 7.29. The van der Waals surface area contributed by atoms with Gasteiger partial charge in [-0.05, 0) is 25.3 Å². The average Bonchev–Trinajstić information content (AvgIpc) is 2.56. The maximum absolute atomic E-state index is 3.87. The molecule has 0 atom stereocenters. The molecule has 2 heteroatoms. The van der Waals surface area contributed by atoms with Gasteiger partial charge < -0.3 is 5.32 Å². The number of nitrogens with zero attached hydrogens (tertiary/aromatic N) is 1. The summed E-state index contributed by atoms with van der Waals surface area (Å²) in [5.41, 5.74) is 0.456. The Balaban J connectivity index is 2.67. The lowest BCUT2D eigenvalue weighted by Gasteiger charge is -2.37. The second-order valence-corrected chi connectivity index (χ2v) is 5.72. The van der Waals surface area contributed by atoms with Crippen molar-refractivity contribution >= 4 is 0 Å². The SMILES string of the molecule is C=CCN(CC=C)CC1(CNC)CCCCCC1. The van der Waals surface area contributed by atoms with Gasteiger partial charge in [0.2, 0.25) is 0 Å². The Morgan fingerprint density at radius 3 is 2.06 bits per heavy atom. The van der Waals surface area contributed by atoms with Crippen LogP contribution in [0, 0.1) is 5.41 Å². The van der Waals surface area contributed by atoms with Crippen LogP contribution in [0.3, 0.4) is 0 Å². The van der Waals surface area contributed by atoms with Crippen molar-refractivity contribution in [2.24, 2.45) is 5.41 Å². The van der Waals surface area contributed by atoms with E-state index in [0.29, 0.717) is 5.41 Å². The van der Waals surface area contributed by atoms with Crippen molar-refractivity contribution in [3.8, 4) is 0 Å². The Hall–Kier alpha value is -0.600. The predicted octanol–water partition coefficient (Wildman–Crippen LogP) is 3.22. The van der Waals surface area contributed by atoms with E-state index >= 15 is 0 Å². The highest BCUT2D eigenvalue weighted by atomic mass is 15.1. The number of nitrogens with one attached hydrogen (secondary N) is 1. The summed E-state index contributed by atoms with van der Waals surface area (Å²) in [6, 6.07) is 0. The molecule has 0 amide bonds. The molecule has 1 aliphatic rings. The van der Waals surface area contributed by atoms with E-state index in [-0.39, 0.29) is 0 Å². The third-order valence-corrected chi connectivity index (χ3v) is 4.05. The highest BCUT2D eigenvalue weighted by Crippen LogP contribution is 2.35. The molecule has 1 N–H and O–H groups in total. The average molecular weight is 250 g/mol. The second-order valence-electron chi connectivity index (χ2n) is 5.72. The molecule has 2 nitrogen and oxygen atoms in total. The van der Waals surface area contributed by atoms with Gasteiger partial charge in [-0.25, -0.2) is 0 Å². The Labute approximate surface area is 113 Å². The maximum atomic E-state index is 3.87. The maximum Gasteiger partial charge on any atom is 0.0164 e. The zero-order valence-corrected chi connectivity index (χ0v) is 12.1. The van der Waals surface area contributed by atoms with Crippen LogP contribution in [0.5, 0.6) is 0 Å². The van der Waals surface area contributed by atoms with Gasteiger partial charge in [0.05, 0.1) is 0 Å². The van der Waals surface area contributed by atoms with Crippen LogP contribution in [0.4, 0.5) is 0 Å². The smallest absolute Gasteiger partial charge is 0.0164 e. The lowest BCUT2D eigenvalue weighted by atomic mass is 9.79. The molecule has 0 aromatic rings. The Bertz CT molecular complexity index is 229. The van der Waals surface area contributed by atoms with Gasteiger partial charge in [-0.3, -0.25) is 4.90 Å². The van der Waals surface area contributed by atoms with Crippen LogP contribution in [-0.2, 0) is 0 Å². The van der Waals surface area contributed by atoms with Crippen LogP contribution < -0.4 is 5.32 Å². The zero-order chi connectivity index (χ0) is 13.3. The molecule has 0 bridgehead atoms. The van der Waals surface area contributed by atoms with Crippen molar-refractivity contribution in [1.82, 2.24) is 10.2 Å². The van der Waals surface area contributed by atoms with Gasteiger partial charge >= 0.3 is 0 Å². The summed E-state index contributed by atoms with van der Waals surface area (Å²) >= 11 is 0. The monoisotopic (exact) mass is 250 g/mol. The quantitative estimate of drug-likeness (QED) is 0.525. The molecular weight excluding hydrogens is 220 g/mol. The second kappa shape index (κ2) is 8.49. The van der Waals surface area contributed by atoms with E-state index in [1.807, 2.05) is 12.2 Å². The third-order valence-electron chi connectivity index (χ3n) is 4.05. The molecule has 0 aliphatic heterocycles. The first kappa shape index (κ1) is 15.5. The third kappa shape index (κ3) is 4.95. The molecule has 0 heterocycles. The van der Waals surface area contributed by atoms with Gasteiger partial charge in [-0.15, -0.1) is 13.2 Å². The molecule has 0 radical (unpaired) electrons. The minimum Gasteiger partial charge on any atom is -0.319 e. The molecule has 1 rings (SSSR count). The van der Waals surface area contributed by atoms with Crippen molar-refractivity contribution in [3.05, 3.63) is 25.3 Å². The normalized spacial score (nSPS) is 19.4. The van der Waals surface area contributed by atoms with E-state index in [4.69, 9.17) is 0 Å². The first-order chi connectivity index (χ1) is 8.76. The zero-order valence-electron chi connectivity index (χ0n) is 12.1. The summed E-state index contributed by atoms with van der Waals surface area (Å²) in [7, 11) is 2.08. The van der Waals surface area contributed by atoms with Crippen molar-refractivity contribution in [2.45, 2.75) is 38.5 Å². The highest BCUT2D eigenvalue weighted by molar-refractivity contribution is 4.90. The van der Waals surface area contributed by atoms with Crippen LogP contribution in [0.25, 0.3) is 0 Å². The number of hydrogen-bond acceptors (Lipinski definition) is 2. The predicted molar refractivity (Wildman–Crippen MR) is 80.9 cm³/mol. The lowest BCUT2D eigenvalue weighted by Crippen LogP contribution is -2.43. The molecule has 1 saturated carbocycles. The summed E-state index contributed by atoms with van der Waals surface area (Å²) in [6.07, 6.45) is 12.3. The van der Waals surface area contributed by atoms with E-state index < -0.39 is 0 Å². The first-order valence-electron chi connectivity index (χ1n) is 7.35. The lowest BCUT2D eigenvalue weighted by molar-refractivity contribution is 0.147. The fourth-order valence-electron chi connectivity index (χ4n) is 3.29. The van der Waals surface area contributed by atoms with Gasteiger partial charge in [-0.2, -0.15) is 0 Å². The molecule has 0 saturated heterocycles. The summed E-state index contributed by atoms with van der Waals surface area (Å²) in [4.78, 5) is 2.47. The Morgan fingerprint density at radius 1 is 1.06 bits per heavy atom. The summed E-state index contributed by atoms with van der Waals surface area (Å²) in [6.45, 7) is 12.0. The van der Waals surface area contributed by atoms with Crippen LogP contribution in [-0.4, -0.2) is 38.1 Å². The molecule has 0 aromatic heterocycles. The van der Waals surface area contributed by atoms with Crippen molar-refractivity contribution in [1.29, 1.82) is 0 Å². The first-order valence-corrected chi connectivity index (χ1v) is 7.35. The fraction of sp³-hybridized carbons (Fsp3) is 0.750. The molecular formula is C16H30N2. The van der Waals surface area contributed by atoms with Gasteiger partial charge in [-0.1, -0.05) is 37.8 Å². The molecule has 0 spiro atoms. The van der Waals surface area contributed by atoms with Crippen molar-refractivity contribution < 1.29 is 0 Å². The van der Waals surface area contributed by atoms with E-state index in [1.165, 1.54) is 45.1 Å². The van der Waals surface area contributed by atoms with E-state index in [1.54, 1.807) is 0 Å². The summed E-state index contributed by atoms with van der Waals surface area (Å²) < 4.78 is 0. The van der Waals surface area contributed by atoms with Crippen molar-refractivity contribution in [3.63, 3.8) is 0 Å². The van der Waals surface area contributed by atoms with Crippen LogP contribution in [0.1, 0.15) is 38.5 Å². The van der Waals surface area contributed by atoms with Crippen LogP contribution in [0.2, 0.25) is 0 Å². The molecule has 1 aliphatic carbocycles. The molecule has 0 aromatic carbocycles. The van der Waals surface area contributed by atoms with E-state index in [9.17, 15) is 0 Å². The van der Waals surface area contributed by atoms with Crippen LogP contribution >= 0.6 is 0 Å². The Morgan fingerprint density at radius 2 is 1.61 bits per heavy atom. The number of hydrogen-bond donors (Lipinski definition) is 1. The summed E-state index contributed by atoms with van der Waals surface area (Å²) in [5, 5.41) is 3.42. The molecule has 18 heavy (non-hydrogen) atoms. The van der Waals surface area contributed by atoms with Gasteiger partial charge in [0.25, 0.3) is 0 Å². The van der Waals surface area contributed by atoms with Crippen LogP contribution in [0.15, 0.2) is 25.3 Å². The summed E-state index contributed by atoms with van der Waals surface area (Å²) in [5.74, 6) is 0. The van der Waals surface area contributed by atoms with Gasteiger partial charge in [0.15, 0.2) is 0 Å². The number of rotatable bonds is 8.